The summed E-state index contributed by atoms with van der Waals surface area (Å²) in [4.78, 5) is 0. The van der Waals surface area contributed by atoms with E-state index in [-0.39, 0.29) is 0 Å². The van der Waals surface area contributed by atoms with Crippen molar-refractivity contribution < 1.29 is 9.35 Å². The molecule has 80 valence electrons. The van der Waals surface area contributed by atoms with E-state index in [4.69, 9.17) is 11.7 Å². The van der Waals surface area contributed by atoms with Gasteiger partial charge in [0.25, 0.3) is 12.7 Å². The normalized spacial score (nSPS) is 10.7. The van der Waals surface area contributed by atoms with Gasteiger partial charge >= 0.3 is 0 Å². The van der Waals surface area contributed by atoms with Crippen molar-refractivity contribution in [2.45, 2.75) is 19.5 Å². The van der Waals surface area contributed by atoms with Crippen LogP contribution in [0.2, 0.25) is 0 Å². The van der Waals surface area contributed by atoms with Crippen molar-refractivity contribution in [2.75, 3.05) is 11.7 Å². The predicted molar refractivity (Wildman–Crippen MR) is 49.8 cm³/mol. The van der Waals surface area contributed by atoms with Gasteiger partial charge in [0.1, 0.15) is 13.1 Å². The molecule has 2 rings (SSSR count). The third kappa shape index (κ3) is 2.42. The molecule has 0 aliphatic heterocycles. The summed E-state index contributed by atoms with van der Waals surface area (Å²) in [6.07, 6.45) is 7.49. The Morgan fingerprint density at radius 3 is 1.73 bits per heavy atom. The van der Waals surface area contributed by atoms with Crippen molar-refractivity contribution in [3.8, 4) is 0 Å². The Bertz CT molecular complexity index is 389. The molecule has 4 N–H and O–H groups in total. The van der Waals surface area contributed by atoms with Crippen LogP contribution in [0.3, 0.4) is 0 Å². The minimum absolute atomic E-state index is 0.800. The summed E-state index contributed by atoms with van der Waals surface area (Å²) in [5.74, 6) is 10.9. The first-order valence-corrected chi connectivity index (χ1v) is 4.61. The van der Waals surface area contributed by atoms with Crippen LogP contribution in [-0.2, 0) is 13.1 Å². The maximum atomic E-state index is 5.46. The lowest BCUT2D eigenvalue weighted by Gasteiger charge is -1.91. The molecule has 8 heteroatoms. The van der Waals surface area contributed by atoms with Crippen molar-refractivity contribution in [1.82, 2.24) is 19.6 Å². The highest BCUT2D eigenvalue weighted by Crippen LogP contribution is 1.89. The SMILES string of the molecule is N[n+]1cnn(CCCn2c[n+](N)cn2)c1. The average Bonchev–Trinajstić information content (AvgIpc) is 2.76. The van der Waals surface area contributed by atoms with E-state index in [2.05, 4.69) is 10.2 Å². The molecule has 0 amide bonds. The molecule has 0 aromatic carbocycles. The fourth-order valence-corrected chi connectivity index (χ4v) is 1.30. The summed E-state index contributed by atoms with van der Waals surface area (Å²) in [6, 6.07) is 0. The Kier molecular flexibility index (Phi) is 2.48. The number of aromatic nitrogens is 6. The van der Waals surface area contributed by atoms with Crippen LogP contribution in [-0.4, -0.2) is 19.6 Å². The summed E-state index contributed by atoms with van der Waals surface area (Å²) in [7, 11) is 0. The van der Waals surface area contributed by atoms with Crippen LogP contribution in [0.25, 0.3) is 0 Å². The largest absolute Gasteiger partial charge is 0.289 e. The van der Waals surface area contributed by atoms with Gasteiger partial charge in [-0.15, -0.1) is 18.7 Å². The predicted octanol–water partition coefficient (Wildman–Crippen LogP) is -2.83. The van der Waals surface area contributed by atoms with Crippen LogP contribution >= 0.6 is 0 Å². The Labute approximate surface area is 86.3 Å². The van der Waals surface area contributed by atoms with Crippen molar-refractivity contribution >= 4 is 0 Å². The molecular formula is C7H14N8+2. The van der Waals surface area contributed by atoms with Crippen LogP contribution < -0.4 is 21.0 Å². The lowest BCUT2D eigenvalue weighted by molar-refractivity contribution is -0.639. The number of hydrogen-bond acceptors (Lipinski definition) is 4. The summed E-state index contributed by atoms with van der Waals surface area (Å²) >= 11 is 0. The maximum Gasteiger partial charge on any atom is 0.286 e. The molecule has 0 radical (unpaired) electrons. The van der Waals surface area contributed by atoms with E-state index in [0.717, 1.165) is 19.5 Å². The zero-order chi connectivity index (χ0) is 10.7. The number of hydrogen-bond donors (Lipinski definition) is 2. The van der Waals surface area contributed by atoms with Crippen molar-refractivity contribution in [1.29, 1.82) is 0 Å². The summed E-state index contributed by atoms with van der Waals surface area (Å²) in [6.45, 7) is 1.60. The molecule has 0 saturated heterocycles. The minimum Gasteiger partial charge on any atom is -0.289 e. The van der Waals surface area contributed by atoms with E-state index < -0.39 is 0 Å². The molecular weight excluding hydrogens is 196 g/mol. The second-order valence-corrected chi connectivity index (χ2v) is 3.27. The molecule has 0 aliphatic carbocycles. The fourth-order valence-electron chi connectivity index (χ4n) is 1.30. The molecule has 0 unspecified atom stereocenters. The quantitative estimate of drug-likeness (QED) is 0.420. The highest BCUT2D eigenvalue weighted by atomic mass is 15.4. The number of aryl methyl sites for hydroxylation is 2. The number of rotatable bonds is 4. The fraction of sp³-hybridized carbons (Fsp3) is 0.429. The zero-order valence-electron chi connectivity index (χ0n) is 8.27. The topological polar surface area (TPSA) is 95.4 Å². The Balaban J connectivity index is 1.80. The average molecular weight is 210 g/mol. The Hall–Kier alpha value is -2.12. The lowest BCUT2D eigenvalue weighted by atomic mass is 10.4. The van der Waals surface area contributed by atoms with E-state index in [1.807, 2.05) is 0 Å². The second kappa shape index (κ2) is 3.95. The van der Waals surface area contributed by atoms with Crippen LogP contribution in [0, 0.1) is 0 Å². The molecule has 0 aliphatic rings. The molecule has 0 saturated carbocycles. The van der Waals surface area contributed by atoms with Gasteiger partial charge in [0.2, 0.25) is 12.7 Å². The van der Waals surface area contributed by atoms with Gasteiger partial charge in [0.15, 0.2) is 0 Å². The lowest BCUT2D eigenvalue weighted by Crippen LogP contribution is -2.42. The molecule has 8 nitrogen and oxygen atoms in total. The van der Waals surface area contributed by atoms with Gasteiger partial charge < -0.3 is 0 Å². The number of nitrogens with zero attached hydrogens (tertiary/aromatic N) is 6. The van der Waals surface area contributed by atoms with E-state index in [1.165, 1.54) is 9.35 Å². The molecule has 15 heavy (non-hydrogen) atoms. The number of nitrogens with two attached hydrogens (primary N) is 2. The highest BCUT2D eigenvalue weighted by molar-refractivity contribution is 4.50. The molecule has 2 heterocycles. The number of nitrogen functional groups attached to an aromatic ring is 2. The van der Waals surface area contributed by atoms with Gasteiger partial charge in [0.05, 0.1) is 0 Å². The third-order valence-electron chi connectivity index (χ3n) is 1.97. The first-order chi connectivity index (χ1) is 7.24. The monoisotopic (exact) mass is 210 g/mol. The van der Waals surface area contributed by atoms with Crippen LogP contribution in [0.1, 0.15) is 6.42 Å². The first kappa shape index (κ1) is 9.44. The Morgan fingerprint density at radius 1 is 0.933 bits per heavy atom. The van der Waals surface area contributed by atoms with Gasteiger partial charge in [-0.1, -0.05) is 0 Å². The zero-order valence-corrected chi connectivity index (χ0v) is 8.27. The first-order valence-electron chi connectivity index (χ1n) is 4.61. The van der Waals surface area contributed by atoms with Crippen LogP contribution in [0.5, 0.6) is 0 Å². The second-order valence-electron chi connectivity index (χ2n) is 3.27. The minimum atomic E-state index is 0.800. The van der Waals surface area contributed by atoms with E-state index in [0.29, 0.717) is 0 Å². The van der Waals surface area contributed by atoms with Crippen molar-refractivity contribution in [2.24, 2.45) is 0 Å². The van der Waals surface area contributed by atoms with E-state index in [9.17, 15) is 0 Å². The smallest absolute Gasteiger partial charge is 0.286 e. The van der Waals surface area contributed by atoms with Gasteiger partial charge in [-0.3, -0.25) is 11.7 Å². The van der Waals surface area contributed by atoms with Crippen LogP contribution in [0.4, 0.5) is 0 Å². The summed E-state index contributed by atoms with van der Waals surface area (Å²) in [5, 5.41) is 8.09. The standard InChI is InChI=1S/C7H14N8/c8-12-4-10-14(6-12)2-1-3-15-7-13(9)5-11-15/h4-7H,1-3,8-9H2/q+2. The van der Waals surface area contributed by atoms with Gasteiger partial charge in [0, 0.05) is 16.6 Å². The molecule has 0 fully saturated rings. The van der Waals surface area contributed by atoms with Crippen molar-refractivity contribution in [3.05, 3.63) is 25.3 Å². The molecule has 2 aromatic heterocycles. The third-order valence-corrected chi connectivity index (χ3v) is 1.97. The van der Waals surface area contributed by atoms with E-state index >= 15 is 0 Å². The summed E-state index contributed by atoms with van der Waals surface area (Å²) < 4.78 is 6.39. The molecule has 0 spiro atoms. The van der Waals surface area contributed by atoms with Gasteiger partial charge in [-0.25, -0.2) is 0 Å². The van der Waals surface area contributed by atoms with Gasteiger partial charge in [-0.2, -0.15) is 0 Å². The summed E-state index contributed by atoms with van der Waals surface area (Å²) in [5.41, 5.74) is 0. The molecule has 0 atom stereocenters. The van der Waals surface area contributed by atoms with Gasteiger partial charge in [-0.05, 0) is 0 Å². The Morgan fingerprint density at radius 2 is 1.40 bits per heavy atom. The molecule has 2 aromatic rings. The highest BCUT2D eigenvalue weighted by Gasteiger charge is 2.06. The van der Waals surface area contributed by atoms with Crippen LogP contribution in [0.15, 0.2) is 25.3 Å². The van der Waals surface area contributed by atoms with E-state index in [1.54, 1.807) is 34.7 Å². The maximum absolute atomic E-state index is 5.46. The van der Waals surface area contributed by atoms with Crippen molar-refractivity contribution in [3.63, 3.8) is 0 Å². The molecule has 0 bridgehead atoms.